The molecule has 1 atom stereocenters. The number of hydrogen-bond donors (Lipinski definition) is 3. The highest BCUT2D eigenvalue weighted by Gasteiger charge is 2.25. The van der Waals surface area contributed by atoms with Crippen LogP contribution in [0, 0.1) is 0 Å². The van der Waals surface area contributed by atoms with Gasteiger partial charge in [0.2, 0.25) is 0 Å². The van der Waals surface area contributed by atoms with Crippen molar-refractivity contribution in [2.75, 3.05) is 13.2 Å². The van der Waals surface area contributed by atoms with E-state index >= 15 is 0 Å². The van der Waals surface area contributed by atoms with Gasteiger partial charge >= 0.3 is 0 Å². The third-order valence-electron chi connectivity index (χ3n) is 4.82. The number of nitrogens with one attached hydrogen (secondary N) is 2. The second-order valence-electron chi connectivity index (χ2n) is 6.45. The SMILES string of the molecule is CCN1Cc2ccccc2CC1CONC(=O)c1ccc(C(=O)NO)cc1. The van der Waals surface area contributed by atoms with E-state index in [9.17, 15) is 9.59 Å². The van der Waals surface area contributed by atoms with E-state index in [1.165, 1.54) is 35.4 Å². The third-order valence-corrected chi connectivity index (χ3v) is 4.82. The maximum atomic E-state index is 12.2. The standard InChI is InChI=1S/C20H23N3O4/c1-2-23-12-17-6-4-3-5-16(17)11-18(23)13-27-22-20(25)15-9-7-14(8-10-15)19(24)21-26/h3-10,18,26H,2,11-13H2,1H3,(H,21,24)(H,22,25). The first-order valence-corrected chi connectivity index (χ1v) is 8.89. The highest BCUT2D eigenvalue weighted by Crippen LogP contribution is 2.23. The summed E-state index contributed by atoms with van der Waals surface area (Å²) in [6.07, 6.45) is 0.880. The van der Waals surface area contributed by atoms with Gasteiger partial charge in [-0.15, -0.1) is 0 Å². The van der Waals surface area contributed by atoms with Gasteiger partial charge in [0, 0.05) is 23.7 Å². The van der Waals surface area contributed by atoms with Gasteiger partial charge < -0.3 is 0 Å². The molecule has 0 aromatic heterocycles. The minimum absolute atomic E-state index is 0.195. The van der Waals surface area contributed by atoms with Gasteiger partial charge in [0.1, 0.15) is 0 Å². The molecule has 1 unspecified atom stereocenters. The van der Waals surface area contributed by atoms with Crippen molar-refractivity contribution >= 4 is 11.8 Å². The van der Waals surface area contributed by atoms with E-state index in [-0.39, 0.29) is 17.5 Å². The molecule has 0 saturated carbocycles. The summed E-state index contributed by atoms with van der Waals surface area (Å²) in [7, 11) is 0. The monoisotopic (exact) mass is 369 g/mol. The molecule has 0 fully saturated rings. The minimum Gasteiger partial charge on any atom is -0.294 e. The topological polar surface area (TPSA) is 90.9 Å². The fourth-order valence-corrected chi connectivity index (χ4v) is 3.28. The van der Waals surface area contributed by atoms with Gasteiger partial charge in [-0.1, -0.05) is 31.2 Å². The predicted octanol–water partition coefficient (Wildman–Crippen LogP) is 1.91. The zero-order chi connectivity index (χ0) is 19.2. The lowest BCUT2D eigenvalue weighted by Crippen LogP contribution is -2.44. The van der Waals surface area contributed by atoms with E-state index in [4.69, 9.17) is 10.0 Å². The number of amides is 2. The maximum Gasteiger partial charge on any atom is 0.274 e. The molecule has 1 aliphatic rings. The zero-order valence-electron chi connectivity index (χ0n) is 15.1. The highest BCUT2D eigenvalue weighted by atomic mass is 16.7. The first kappa shape index (κ1) is 19.0. The van der Waals surface area contributed by atoms with Crippen molar-refractivity contribution in [1.29, 1.82) is 0 Å². The molecule has 2 amide bonds. The molecule has 2 aromatic carbocycles. The summed E-state index contributed by atoms with van der Waals surface area (Å²) in [5.74, 6) is -1.01. The van der Waals surface area contributed by atoms with E-state index < -0.39 is 5.91 Å². The van der Waals surface area contributed by atoms with Crippen LogP contribution in [0.4, 0.5) is 0 Å². The Morgan fingerprint density at radius 3 is 2.33 bits per heavy atom. The molecule has 3 N–H and O–H groups in total. The molecule has 0 aliphatic carbocycles. The van der Waals surface area contributed by atoms with Crippen molar-refractivity contribution in [1.82, 2.24) is 15.9 Å². The number of likely N-dealkylation sites (N-methyl/N-ethyl adjacent to an activating group) is 1. The average molecular weight is 369 g/mol. The zero-order valence-corrected chi connectivity index (χ0v) is 15.1. The van der Waals surface area contributed by atoms with Gasteiger partial charge in [0.05, 0.1) is 6.61 Å². The van der Waals surface area contributed by atoms with Crippen molar-refractivity contribution in [3.63, 3.8) is 0 Å². The number of hydroxylamine groups is 2. The molecule has 7 heteroatoms. The summed E-state index contributed by atoms with van der Waals surface area (Å²) in [5, 5.41) is 8.61. The summed E-state index contributed by atoms with van der Waals surface area (Å²) in [6, 6.07) is 14.5. The number of fused-ring (bicyclic) bond motifs is 1. The van der Waals surface area contributed by atoms with Gasteiger partial charge in [-0.25, -0.2) is 11.0 Å². The number of nitrogens with zero attached hydrogens (tertiary/aromatic N) is 1. The maximum absolute atomic E-state index is 12.2. The molecule has 142 valence electrons. The largest absolute Gasteiger partial charge is 0.294 e. The molecule has 7 nitrogen and oxygen atoms in total. The van der Waals surface area contributed by atoms with Gasteiger partial charge in [-0.3, -0.25) is 24.5 Å². The smallest absolute Gasteiger partial charge is 0.274 e. The van der Waals surface area contributed by atoms with Crippen LogP contribution in [0.3, 0.4) is 0 Å². The quantitative estimate of drug-likeness (QED) is 0.535. The molecular formula is C20H23N3O4. The molecular weight excluding hydrogens is 346 g/mol. The normalized spacial score (nSPS) is 16.4. The average Bonchev–Trinajstić information content (AvgIpc) is 2.72. The van der Waals surface area contributed by atoms with Crippen molar-refractivity contribution in [3.05, 3.63) is 70.8 Å². The second-order valence-corrected chi connectivity index (χ2v) is 6.45. The van der Waals surface area contributed by atoms with Gasteiger partial charge in [0.15, 0.2) is 0 Å². The van der Waals surface area contributed by atoms with Crippen LogP contribution in [0.15, 0.2) is 48.5 Å². The van der Waals surface area contributed by atoms with Crippen molar-refractivity contribution in [2.24, 2.45) is 0 Å². The summed E-state index contributed by atoms with van der Waals surface area (Å²) < 4.78 is 0. The van der Waals surface area contributed by atoms with Crippen LogP contribution >= 0.6 is 0 Å². The molecule has 2 aromatic rings. The third kappa shape index (κ3) is 4.51. The summed E-state index contributed by atoms with van der Waals surface area (Å²) in [5.41, 5.74) is 7.29. The molecule has 0 radical (unpaired) electrons. The van der Waals surface area contributed by atoms with Crippen molar-refractivity contribution in [3.8, 4) is 0 Å². The van der Waals surface area contributed by atoms with Crippen LogP contribution in [0.5, 0.6) is 0 Å². The lowest BCUT2D eigenvalue weighted by Gasteiger charge is -2.35. The number of hydrogen-bond acceptors (Lipinski definition) is 5. The van der Waals surface area contributed by atoms with Crippen LogP contribution in [0.2, 0.25) is 0 Å². The molecule has 0 saturated heterocycles. The van der Waals surface area contributed by atoms with Crippen LogP contribution in [0.25, 0.3) is 0 Å². The Balaban J connectivity index is 1.54. The highest BCUT2D eigenvalue weighted by molar-refractivity contribution is 5.97. The van der Waals surface area contributed by atoms with E-state index in [2.05, 4.69) is 35.5 Å². The van der Waals surface area contributed by atoms with Crippen molar-refractivity contribution < 1.29 is 19.6 Å². The number of benzene rings is 2. The first-order chi connectivity index (χ1) is 13.1. The molecule has 0 bridgehead atoms. The van der Waals surface area contributed by atoms with Crippen LogP contribution < -0.4 is 11.0 Å². The van der Waals surface area contributed by atoms with E-state index in [1.807, 2.05) is 6.07 Å². The minimum atomic E-state index is -0.629. The van der Waals surface area contributed by atoms with E-state index in [0.717, 1.165) is 19.5 Å². The molecule has 0 spiro atoms. The first-order valence-electron chi connectivity index (χ1n) is 8.89. The summed E-state index contributed by atoms with van der Waals surface area (Å²) in [6.45, 7) is 4.29. The molecule has 1 aliphatic heterocycles. The molecule has 3 rings (SSSR count). The second kappa shape index (κ2) is 8.77. The number of carbonyl (C=O) groups excluding carboxylic acids is 2. The van der Waals surface area contributed by atoms with Crippen LogP contribution in [0.1, 0.15) is 38.8 Å². The Kier molecular flexibility index (Phi) is 6.18. The Morgan fingerprint density at radius 1 is 1.07 bits per heavy atom. The lowest BCUT2D eigenvalue weighted by molar-refractivity contribution is -0.00203. The van der Waals surface area contributed by atoms with Gasteiger partial charge in [0.25, 0.3) is 11.8 Å². The lowest BCUT2D eigenvalue weighted by atomic mass is 9.94. The molecule has 27 heavy (non-hydrogen) atoms. The Hall–Kier alpha value is -2.74. The molecule has 1 heterocycles. The summed E-state index contributed by atoms with van der Waals surface area (Å²) in [4.78, 5) is 31.3. The fraction of sp³-hybridized carbons (Fsp3) is 0.300. The Bertz CT molecular complexity index is 807. The van der Waals surface area contributed by atoms with Crippen molar-refractivity contribution in [2.45, 2.75) is 25.9 Å². The number of rotatable bonds is 6. The Morgan fingerprint density at radius 2 is 1.70 bits per heavy atom. The van der Waals surface area contributed by atoms with Gasteiger partial charge in [-0.2, -0.15) is 0 Å². The van der Waals surface area contributed by atoms with Crippen LogP contribution in [-0.2, 0) is 17.8 Å². The van der Waals surface area contributed by atoms with Gasteiger partial charge in [-0.05, 0) is 48.4 Å². The Labute approximate surface area is 157 Å². The fourth-order valence-electron chi connectivity index (χ4n) is 3.28. The predicted molar refractivity (Wildman–Crippen MR) is 99.1 cm³/mol. The number of carbonyl (C=O) groups is 2. The van der Waals surface area contributed by atoms with E-state index in [0.29, 0.717) is 12.2 Å². The van der Waals surface area contributed by atoms with E-state index in [1.54, 1.807) is 5.48 Å². The van der Waals surface area contributed by atoms with Crippen LogP contribution in [-0.4, -0.2) is 41.1 Å². The summed E-state index contributed by atoms with van der Waals surface area (Å²) >= 11 is 0.